The van der Waals surface area contributed by atoms with E-state index >= 15 is 0 Å². The number of sulfonamides is 1. The first-order chi connectivity index (χ1) is 9.86. The number of piperidine rings is 1. The smallest absolute Gasteiger partial charge is 0.243 e. The molecule has 0 bridgehead atoms. The standard InChI is InChI=1S/C14H21FN2O3S/c1-10-13(15)7-12(8-14(10)16)21(19,20)17-5-2-3-11(9-17)4-6-18/h7-8,11,18H,2-6,9,16H2,1H3. The van der Waals surface area contributed by atoms with Crippen LogP contribution >= 0.6 is 0 Å². The minimum absolute atomic E-state index is 0.0463. The topological polar surface area (TPSA) is 83.6 Å². The van der Waals surface area contributed by atoms with Crippen molar-refractivity contribution in [1.29, 1.82) is 0 Å². The van der Waals surface area contributed by atoms with E-state index in [1.165, 1.54) is 17.3 Å². The highest BCUT2D eigenvalue weighted by molar-refractivity contribution is 7.89. The molecule has 2 rings (SSSR count). The fourth-order valence-corrected chi connectivity index (χ4v) is 4.24. The van der Waals surface area contributed by atoms with Crippen LogP contribution in [0.2, 0.25) is 0 Å². The van der Waals surface area contributed by atoms with Gasteiger partial charge in [-0.1, -0.05) is 0 Å². The number of aliphatic hydroxyl groups is 1. The largest absolute Gasteiger partial charge is 0.398 e. The Balaban J connectivity index is 2.29. The van der Waals surface area contributed by atoms with Gasteiger partial charge in [0, 0.05) is 30.9 Å². The normalized spacial score (nSPS) is 20.6. The van der Waals surface area contributed by atoms with Gasteiger partial charge in [-0.05, 0) is 44.2 Å². The number of halogens is 1. The molecule has 1 aromatic carbocycles. The summed E-state index contributed by atoms with van der Waals surface area (Å²) < 4.78 is 40.3. The lowest BCUT2D eigenvalue weighted by atomic mass is 9.97. The van der Waals surface area contributed by atoms with E-state index in [2.05, 4.69) is 0 Å². The van der Waals surface area contributed by atoms with Gasteiger partial charge in [0.2, 0.25) is 10.0 Å². The summed E-state index contributed by atoms with van der Waals surface area (Å²) in [6, 6.07) is 2.33. The summed E-state index contributed by atoms with van der Waals surface area (Å²) in [7, 11) is -3.74. The first-order valence-electron chi connectivity index (χ1n) is 7.03. The maximum atomic E-state index is 13.7. The fourth-order valence-electron chi connectivity index (χ4n) is 2.64. The zero-order chi connectivity index (χ0) is 15.6. The molecule has 5 nitrogen and oxygen atoms in total. The molecule has 7 heteroatoms. The van der Waals surface area contributed by atoms with Crippen LogP contribution in [0.5, 0.6) is 0 Å². The minimum Gasteiger partial charge on any atom is -0.398 e. The molecular formula is C14H21FN2O3S. The lowest BCUT2D eigenvalue weighted by Gasteiger charge is -2.31. The van der Waals surface area contributed by atoms with Crippen LogP contribution in [0.3, 0.4) is 0 Å². The van der Waals surface area contributed by atoms with E-state index in [-0.39, 0.29) is 28.7 Å². The van der Waals surface area contributed by atoms with E-state index in [0.717, 1.165) is 18.9 Å². The third-order valence-electron chi connectivity index (χ3n) is 4.01. The fraction of sp³-hybridized carbons (Fsp3) is 0.571. The number of nitrogens with two attached hydrogens (primary N) is 1. The number of aliphatic hydroxyl groups excluding tert-OH is 1. The van der Waals surface area contributed by atoms with Crippen molar-refractivity contribution in [2.45, 2.75) is 31.1 Å². The second kappa shape index (κ2) is 6.29. The molecule has 1 aromatic rings. The second-order valence-corrected chi connectivity index (χ2v) is 7.44. The van der Waals surface area contributed by atoms with Crippen LogP contribution in [0.1, 0.15) is 24.8 Å². The second-order valence-electron chi connectivity index (χ2n) is 5.50. The molecule has 1 saturated heterocycles. The predicted octanol–water partition coefficient (Wildman–Crippen LogP) is 1.50. The minimum atomic E-state index is -3.74. The molecule has 0 aromatic heterocycles. The van der Waals surface area contributed by atoms with Gasteiger partial charge in [0.15, 0.2) is 0 Å². The van der Waals surface area contributed by atoms with Crippen LogP contribution in [0, 0.1) is 18.7 Å². The lowest BCUT2D eigenvalue weighted by Crippen LogP contribution is -2.40. The number of rotatable bonds is 4. The van der Waals surface area contributed by atoms with Gasteiger partial charge in [-0.2, -0.15) is 4.31 Å². The van der Waals surface area contributed by atoms with Crippen molar-refractivity contribution in [3.05, 3.63) is 23.5 Å². The summed E-state index contributed by atoms with van der Waals surface area (Å²) in [5.41, 5.74) is 6.06. The SMILES string of the molecule is Cc1c(N)cc(S(=O)(=O)N2CCCC(CCO)C2)cc1F. The Morgan fingerprint density at radius 1 is 1.48 bits per heavy atom. The van der Waals surface area contributed by atoms with Crippen LogP contribution in [0.15, 0.2) is 17.0 Å². The summed E-state index contributed by atoms with van der Waals surface area (Å²) >= 11 is 0. The maximum absolute atomic E-state index is 13.7. The first-order valence-corrected chi connectivity index (χ1v) is 8.47. The van der Waals surface area contributed by atoms with Gasteiger partial charge in [-0.15, -0.1) is 0 Å². The van der Waals surface area contributed by atoms with E-state index in [1.807, 2.05) is 0 Å². The van der Waals surface area contributed by atoms with Crippen molar-refractivity contribution >= 4 is 15.7 Å². The highest BCUT2D eigenvalue weighted by Gasteiger charge is 2.30. The number of hydrogen-bond donors (Lipinski definition) is 2. The zero-order valence-electron chi connectivity index (χ0n) is 12.0. The summed E-state index contributed by atoms with van der Waals surface area (Å²) in [4.78, 5) is -0.104. The molecule has 0 radical (unpaired) electrons. The summed E-state index contributed by atoms with van der Waals surface area (Å²) in [6.07, 6.45) is 2.22. The molecule has 1 atom stereocenters. The summed E-state index contributed by atoms with van der Waals surface area (Å²) in [6.45, 7) is 2.34. The average Bonchev–Trinajstić information content (AvgIpc) is 2.45. The molecule has 1 unspecified atom stereocenters. The number of nitrogen functional groups attached to an aromatic ring is 1. The van der Waals surface area contributed by atoms with Gasteiger partial charge in [0.1, 0.15) is 5.82 Å². The van der Waals surface area contributed by atoms with Crippen molar-refractivity contribution in [3.8, 4) is 0 Å². The Hall–Kier alpha value is -1.18. The Morgan fingerprint density at radius 3 is 2.81 bits per heavy atom. The molecule has 1 aliphatic rings. The summed E-state index contributed by atoms with van der Waals surface area (Å²) in [5, 5.41) is 8.99. The Kier molecular flexibility index (Phi) is 4.85. The van der Waals surface area contributed by atoms with E-state index in [9.17, 15) is 12.8 Å². The van der Waals surface area contributed by atoms with Gasteiger partial charge in [0.25, 0.3) is 0 Å². The molecule has 0 saturated carbocycles. The van der Waals surface area contributed by atoms with Crippen LogP contribution in [-0.2, 0) is 10.0 Å². The van der Waals surface area contributed by atoms with Crippen molar-refractivity contribution in [1.82, 2.24) is 4.31 Å². The maximum Gasteiger partial charge on any atom is 0.243 e. The molecule has 21 heavy (non-hydrogen) atoms. The Morgan fingerprint density at radius 2 is 2.19 bits per heavy atom. The zero-order valence-corrected chi connectivity index (χ0v) is 12.9. The Bertz CT molecular complexity index is 594. The summed E-state index contributed by atoms with van der Waals surface area (Å²) in [5.74, 6) is -0.469. The molecule has 0 amide bonds. The van der Waals surface area contributed by atoms with Crippen molar-refractivity contribution in [2.24, 2.45) is 5.92 Å². The van der Waals surface area contributed by atoms with Crippen LogP contribution in [-0.4, -0.2) is 37.5 Å². The molecule has 1 fully saturated rings. The molecule has 0 aliphatic carbocycles. The van der Waals surface area contributed by atoms with Gasteiger partial charge >= 0.3 is 0 Å². The van der Waals surface area contributed by atoms with Crippen molar-refractivity contribution in [2.75, 3.05) is 25.4 Å². The molecule has 3 N–H and O–H groups in total. The first kappa shape index (κ1) is 16.2. The van der Waals surface area contributed by atoms with E-state index in [0.29, 0.717) is 19.5 Å². The van der Waals surface area contributed by atoms with E-state index in [1.54, 1.807) is 0 Å². The van der Waals surface area contributed by atoms with Crippen LogP contribution in [0.4, 0.5) is 10.1 Å². The quantitative estimate of drug-likeness (QED) is 0.825. The highest BCUT2D eigenvalue weighted by Crippen LogP contribution is 2.28. The molecule has 0 spiro atoms. The van der Waals surface area contributed by atoms with Crippen molar-refractivity contribution in [3.63, 3.8) is 0 Å². The number of benzene rings is 1. The van der Waals surface area contributed by atoms with Crippen LogP contribution < -0.4 is 5.73 Å². The van der Waals surface area contributed by atoms with Gasteiger partial charge in [-0.3, -0.25) is 0 Å². The van der Waals surface area contributed by atoms with Crippen LogP contribution in [0.25, 0.3) is 0 Å². The third-order valence-corrected chi connectivity index (χ3v) is 5.86. The highest BCUT2D eigenvalue weighted by atomic mass is 32.2. The van der Waals surface area contributed by atoms with E-state index in [4.69, 9.17) is 10.8 Å². The molecule has 1 heterocycles. The molecular weight excluding hydrogens is 295 g/mol. The number of hydrogen-bond acceptors (Lipinski definition) is 4. The Labute approximate surface area is 124 Å². The van der Waals surface area contributed by atoms with E-state index < -0.39 is 15.8 Å². The van der Waals surface area contributed by atoms with Gasteiger partial charge in [-0.25, -0.2) is 12.8 Å². The lowest BCUT2D eigenvalue weighted by molar-refractivity contribution is 0.203. The third kappa shape index (κ3) is 3.36. The molecule has 118 valence electrons. The average molecular weight is 316 g/mol. The molecule has 1 aliphatic heterocycles. The number of anilines is 1. The predicted molar refractivity (Wildman–Crippen MR) is 78.7 cm³/mol. The number of nitrogens with zero attached hydrogens (tertiary/aromatic N) is 1. The monoisotopic (exact) mass is 316 g/mol. The van der Waals surface area contributed by atoms with Crippen molar-refractivity contribution < 1.29 is 17.9 Å². The van der Waals surface area contributed by atoms with Gasteiger partial charge in [0.05, 0.1) is 4.90 Å². The van der Waals surface area contributed by atoms with Gasteiger partial charge < -0.3 is 10.8 Å².